The highest BCUT2D eigenvalue weighted by atomic mass is 16.1. The SMILES string of the molecule is Cc1cn(-c2cc(NC(=O)c3ccc(C)c(C#Cc4cnc5c(c4)C=NC5)c3)cc(C(C)(C)C)c2)cn1. The minimum atomic E-state index is -0.183. The Kier molecular flexibility index (Phi) is 6.22. The molecule has 0 aliphatic carbocycles. The highest BCUT2D eigenvalue weighted by Crippen LogP contribution is 2.29. The lowest BCUT2D eigenvalue weighted by Crippen LogP contribution is -2.16. The maximum absolute atomic E-state index is 13.3. The average molecular weight is 488 g/mol. The summed E-state index contributed by atoms with van der Waals surface area (Å²) >= 11 is 0. The summed E-state index contributed by atoms with van der Waals surface area (Å²) in [5.41, 5.74) is 8.82. The van der Waals surface area contributed by atoms with Crippen molar-refractivity contribution in [3.05, 3.63) is 106 Å². The van der Waals surface area contributed by atoms with E-state index in [4.69, 9.17) is 0 Å². The van der Waals surface area contributed by atoms with E-state index in [1.165, 1.54) is 0 Å². The Labute approximate surface area is 217 Å². The number of fused-ring (bicyclic) bond motifs is 1. The van der Waals surface area contributed by atoms with Crippen molar-refractivity contribution in [2.24, 2.45) is 4.99 Å². The normalized spacial score (nSPS) is 12.1. The molecule has 0 unspecified atom stereocenters. The van der Waals surface area contributed by atoms with E-state index >= 15 is 0 Å². The predicted molar refractivity (Wildman–Crippen MR) is 148 cm³/mol. The fourth-order valence-electron chi connectivity index (χ4n) is 4.12. The third-order valence-corrected chi connectivity index (χ3v) is 6.37. The lowest BCUT2D eigenvalue weighted by Gasteiger charge is -2.22. The van der Waals surface area contributed by atoms with Crippen LogP contribution in [0.3, 0.4) is 0 Å². The van der Waals surface area contributed by atoms with E-state index in [0.717, 1.165) is 50.6 Å². The zero-order valence-electron chi connectivity index (χ0n) is 21.8. The molecule has 2 aromatic heterocycles. The Balaban J connectivity index is 1.42. The number of benzene rings is 2. The number of carbonyl (C=O) groups excluding carboxylic acids is 1. The van der Waals surface area contributed by atoms with Gasteiger partial charge in [0.2, 0.25) is 0 Å². The molecule has 5 rings (SSSR count). The Morgan fingerprint density at radius 3 is 2.62 bits per heavy atom. The van der Waals surface area contributed by atoms with Crippen molar-refractivity contribution < 1.29 is 4.79 Å². The van der Waals surface area contributed by atoms with Gasteiger partial charge in [-0.2, -0.15) is 0 Å². The summed E-state index contributed by atoms with van der Waals surface area (Å²) in [6.45, 7) is 11.0. The smallest absolute Gasteiger partial charge is 0.255 e. The van der Waals surface area contributed by atoms with E-state index in [2.05, 4.69) is 59.0 Å². The van der Waals surface area contributed by atoms with Crippen molar-refractivity contribution in [3.8, 4) is 17.5 Å². The van der Waals surface area contributed by atoms with Gasteiger partial charge in [-0.3, -0.25) is 14.8 Å². The quantitative estimate of drug-likeness (QED) is 0.373. The summed E-state index contributed by atoms with van der Waals surface area (Å²) in [5.74, 6) is 6.22. The minimum absolute atomic E-state index is 0.0873. The van der Waals surface area contributed by atoms with Gasteiger partial charge >= 0.3 is 0 Å². The fraction of sp³-hybridized carbons (Fsp3) is 0.226. The molecule has 0 spiro atoms. The molecular formula is C31H29N5O. The summed E-state index contributed by atoms with van der Waals surface area (Å²) in [6, 6.07) is 13.7. The summed E-state index contributed by atoms with van der Waals surface area (Å²) in [5, 5.41) is 3.09. The largest absolute Gasteiger partial charge is 0.322 e. The van der Waals surface area contributed by atoms with Gasteiger partial charge in [-0.25, -0.2) is 4.98 Å². The Morgan fingerprint density at radius 2 is 1.86 bits per heavy atom. The third kappa shape index (κ3) is 5.36. The van der Waals surface area contributed by atoms with Gasteiger partial charge in [-0.05, 0) is 66.8 Å². The van der Waals surface area contributed by atoms with Gasteiger partial charge in [0.25, 0.3) is 5.91 Å². The second-order valence-corrected chi connectivity index (χ2v) is 10.4. The van der Waals surface area contributed by atoms with E-state index in [1.54, 1.807) is 12.5 Å². The third-order valence-electron chi connectivity index (χ3n) is 6.37. The fourth-order valence-corrected chi connectivity index (χ4v) is 4.12. The molecule has 1 aliphatic heterocycles. The molecule has 0 saturated heterocycles. The summed E-state index contributed by atoms with van der Waals surface area (Å²) in [6.07, 6.45) is 7.37. The zero-order chi connectivity index (χ0) is 26.2. The molecule has 1 N–H and O–H groups in total. The predicted octanol–water partition coefficient (Wildman–Crippen LogP) is 5.77. The van der Waals surface area contributed by atoms with Crippen molar-refractivity contribution in [2.45, 2.75) is 46.6 Å². The van der Waals surface area contributed by atoms with Crippen LogP contribution in [0.4, 0.5) is 5.69 Å². The zero-order valence-corrected chi connectivity index (χ0v) is 21.8. The van der Waals surface area contributed by atoms with E-state index in [1.807, 2.05) is 67.2 Å². The van der Waals surface area contributed by atoms with Crippen LogP contribution in [0.2, 0.25) is 0 Å². The average Bonchev–Trinajstić information content (AvgIpc) is 3.51. The lowest BCUT2D eigenvalue weighted by molar-refractivity contribution is 0.102. The number of aliphatic imine (C=N–C) groups is 1. The Bertz CT molecular complexity index is 1610. The molecule has 2 aromatic carbocycles. The first kappa shape index (κ1) is 24.2. The minimum Gasteiger partial charge on any atom is -0.322 e. The van der Waals surface area contributed by atoms with Crippen LogP contribution in [0, 0.1) is 25.7 Å². The standard InChI is InChI=1S/C31H29N5O/c1-20-6-8-24(11-23(20)9-7-22-10-25-16-32-17-29(25)33-15-22)30(37)35-27-12-26(31(3,4)5)13-28(14-27)36-18-21(2)34-19-36/h6,8,10-16,18-19H,17H2,1-5H3,(H,35,37). The molecule has 6 nitrogen and oxygen atoms in total. The Hall–Kier alpha value is -4.50. The van der Waals surface area contributed by atoms with Crippen LogP contribution in [0.15, 0.2) is 66.2 Å². The first-order valence-corrected chi connectivity index (χ1v) is 12.2. The van der Waals surface area contributed by atoms with Crippen molar-refractivity contribution in [2.75, 3.05) is 5.32 Å². The summed E-state index contributed by atoms with van der Waals surface area (Å²) < 4.78 is 1.97. The number of hydrogen-bond donors (Lipinski definition) is 1. The van der Waals surface area contributed by atoms with Crippen LogP contribution in [-0.2, 0) is 12.0 Å². The topological polar surface area (TPSA) is 72.2 Å². The number of nitrogens with zero attached hydrogens (tertiary/aromatic N) is 4. The molecule has 0 bridgehead atoms. The summed E-state index contributed by atoms with van der Waals surface area (Å²) in [4.78, 5) is 26.3. The van der Waals surface area contributed by atoms with E-state index < -0.39 is 0 Å². The van der Waals surface area contributed by atoms with E-state index in [-0.39, 0.29) is 11.3 Å². The summed E-state index contributed by atoms with van der Waals surface area (Å²) in [7, 11) is 0. The molecule has 1 aliphatic rings. The number of hydrogen-bond acceptors (Lipinski definition) is 4. The number of anilines is 1. The highest BCUT2D eigenvalue weighted by Gasteiger charge is 2.17. The van der Waals surface area contributed by atoms with Gasteiger partial charge in [0.15, 0.2) is 0 Å². The number of aryl methyl sites for hydroxylation is 2. The molecule has 184 valence electrons. The number of rotatable bonds is 3. The van der Waals surface area contributed by atoms with Gasteiger partial charge in [-0.15, -0.1) is 0 Å². The molecule has 37 heavy (non-hydrogen) atoms. The number of pyridine rings is 1. The lowest BCUT2D eigenvalue weighted by atomic mass is 9.86. The first-order chi connectivity index (χ1) is 17.7. The molecule has 0 atom stereocenters. The van der Waals surface area contributed by atoms with Crippen molar-refractivity contribution in [1.82, 2.24) is 14.5 Å². The van der Waals surface area contributed by atoms with E-state index in [0.29, 0.717) is 12.1 Å². The van der Waals surface area contributed by atoms with Gasteiger partial charge in [0.05, 0.1) is 24.3 Å². The molecule has 3 heterocycles. The van der Waals surface area contributed by atoms with Crippen LogP contribution in [0.25, 0.3) is 5.69 Å². The van der Waals surface area contributed by atoms with Gasteiger partial charge in [-0.1, -0.05) is 38.7 Å². The monoisotopic (exact) mass is 487 g/mol. The number of carbonyl (C=O) groups is 1. The van der Waals surface area contributed by atoms with Crippen LogP contribution >= 0.6 is 0 Å². The number of amides is 1. The van der Waals surface area contributed by atoms with Crippen molar-refractivity contribution in [1.29, 1.82) is 0 Å². The highest BCUT2D eigenvalue weighted by molar-refractivity contribution is 6.04. The maximum Gasteiger partial charge on any atom is 0.255 e. The molecule has 0 radical (unpaired) electrons. The maximum atomic E-state index is 13.3. The Morgan fingerprint density at radius 1 is 1.03 bits per heavy atom. The van der Waals surface area contributed by atoms with Crippen LogP contribution in [0.1, 0.15) is 70.3 Å². The molecule has 0 fully saturated rings. The first-order valence-electron chi connectivity index (χ1n) is 12.2. The second kappa shape index (κ2) is 9.51. The second-order valence-electron chi connectivity index (χ2n) is 10.4. The van der Waals surface area contributed by atoms with Crippen molar-refractivity contribution >= 4 is 17.8 Å². The van der Waals surface area contributed by atoms with Crippen LogP contribution in [0.5, 0.6) is 0 Å². The van der Waals surface area contributed by atoms with Crippen LogP contribution < -0.4 is 5.32 Å². The van der Waals surface area contributed by atoms with Gasteiger partial charge in [0.1, 0.15) is 0 Å². The number of imidazole rings is 1. The molecular weight excluding hydrogens is 458 g/mol. The van der Waals surface area contributed by atoms with Gasteiger partial charge < -0.3 is 9.88 Å². The molecule has 4 aromatic rings. The van der Waals surface area contributed by atoms with Crippen LogP contribution in [-0.4, -0.2) is 26.7 Å². The molecule has 1 amide bonds. The van der Waals surface area contributed by atoms with E-state index in [9.17, 15) is 4.79 Å². The van der Waals surface area contributed by atoms with Crippen molar-refractivity contribution in [3.63, 3.8) is 0 Å². The van der Waals surface area contributed by atoms with Gasteiger partial charge in [0, 0.05) is 52.2 Å². The number of aromatic nitrogens is 3. The molecule has 0 saturated carbocycles. The number of nitrogens with one attached hydrogen (secondary N) is 1. The molecule has 6 heteroatoms.